The highest BCUT2D eigenvalue weighted by molar-refractivity contribution is 5.79. The number of benzene rings is 2. The third-order valence-corrected chi connectivity index (χ3v) is 5.27. The minimum Gasteiger partial charge on any atom is -0.486 e. The summed E-state index contributed by atoms with van der Waals surface area (Å²) >= 11 is 0. The largest absolute Gasteiger partial charge is 0.486 e. The van der Waals surface area contributed by atoms with Gasteiger partial charge in [-0.05, 0) is 41.5 Å². The zero-order valence-corrected chi connectivity index (χ0v) is 16.0. The van der Waals surface area contributed by atoms with E-state index in [2.05, 4.69) is 64.7 Å². The van der Waals surface area contributed by atoms with Crippen molar-refractivity contribution in [2.24, 2.45) is 10.9 Å². The van der Waals surface area contributed by atoms with Gasteiger partial charge in [0, 0.05) is 27.2 Å². The first-order valence-electron chi connectivity index (χ1n) is 9.60. The van der Waals surface area contributed by atoms with Gasteiger partial charge in [-0.25, -0.2) is 0 Å². The summed E-state index contributed by atoms with van der Waals surface area (Å²) < 4.78 is 11.3. The smallest absolute Gasteiger partial charge is 0.193 e. The van der Waals surface area contributed by atoms with E-state index in [9.17, 15) is 0 Å². The molecule has 1 heterocycles. The number of rotatable bonds is 5. The van der Waals surface area contributed by atoms with Crippen molar-refractivity contribution in [2.75, 3.05) is 33.9 Å². The quantitative estimate of drug-likeness (QED) is 0.653. The summed E-state index contributed by atoms with van der Waals surface area (Å²) in [4.78, 5) is 6.59. The molecule has 2 atom stereocenters. The van der Waals surface area contributed by atoms with Crippen molar-refractivity contribution in [3.63, 3.8) is 0 Å². The van der Waals surface area contributed by atoms with Gasteiger partial charge in [0.05, 0.1) is 0 Å². The number of aliphatic imine (C=N–C) groups is 1. The van der Waals surface area contributed by atoms with Crippen LogP contribution in [0.1, 0.15) is 23.5 Å². The second kappa shape index (κ2) is 7.91. The van der Waals surface area contributed by atoms with Gasteiger partial charge in [0.1, 0.15) is 13.2 Å². The Morgan fingerprint density at radius 3 is 2.67 bits per heavy atom. The first-order chi connectivity index (χ1) is 13.2. The van der Waals surface area contributed by atoms with Crippen LogP contribution in [0.3, 0.4) is 0 Å². The van der Waals surface area contributed by atoms with E-state index >= 15 is 0 Å². The van der Waals surface area contributed by atoms with Gasteiger partial charge in [-0.3, -0.25) is 4.99 Å². The number of hydrogen-bond donors (Lipinski definition) is 1. The molecule has 27 heavy (non-hydrogen) atoms. The standard InChI is InChI=1S/C22H27N3O2/c1-23-22(24-14-18-13-19(18)17-6-4-3-5-7-17)25(2)15-16-8-9-20-21(12-16)27-11-10-26-20/h3-9,12,18-19H,10-11,13-15H2,1-2H3,(H,23,24). The highest BCUT2D eigenvalue weighted by Crippen LogP contribution is 2.46. The summed E-state index contributed by atoms with van der Waals surface area (Å²) in [7, 11) is 3.90. The summed E-state index contributed by atoms with van der Waals surface area (Å²) in [6, 6.07) is 16.9. The summed E-state index contributed by atoms with van der Waals surface area (Å²) in [5.74, 6) is 3.95. The van der Waals surface area contributed by atoms with Crippen LogP contribution >= 0.6 is 0 Å². The monoisotopic (exact) mass is 365 g/mol. The van der Waals surface area contributed by atoms with Crippen LogP contribution in [0.5, 0.6) is 11.5 Å². The molecule has 4 rings (SSSR count). The minimum absolute atomic E-state index is 0.611. The van der Waals surface area contributed by atoms with Crippen LogP contribution in [0.4, 0.5) is 0 Å². The van der Waals surface area contributed by atoms with Crippen molar-refractivity contribution in [3.05, 3.63) is 59.7 Å². The number of guanidine groups is 1. The summed E-state index contributed by atoms with van der Waals surface area (Å²) in [6.07, 6.45) is 1.25. The SMILES string of the molecule is CN=C(NCC1CC1c1ccccc1)N(C)Cc1ccc2c(c1)OCCO2. The second-order valence-corrected chi connectivity index (χ2v) is 7.28. The van der Waals surface area contributed by atoms with Crippen molar-refractivity contribution < 1.29 is 9.47 Å². The third kappa shape index (κ3) is 4.18. The van der Waals surface area contributed by atoms with E-state index in [1.54, 1.807) is 0 Å². The maximum atomic E-state index is 5.68. The van der Waals surface area contributed by atoms with Crippen molar-refractivity contribution in [3.8, 4) is 11.5 Å². The second-order valence-electron chi connectivity index (χ2n) is 7.28. The summed E-state index contributed by atoms with van der Waals surface area (Å²) in [5.41, 5.74) is 2.63. The number of fused-ring (bicyclic) bond motifs is 1. The average molecular weight is 365 g/mol. The third-order valence-electron chi connectivity index (χ3n) is 5.27. The van der Waals surface area contributed by atoms with Crippen LogP contribution in [0.15, 0.2) is 53.5 Å². The molecule has 5 nitrogen and oxygen atoms in total. The molecule has 0 spiro atoms. The molecule has 5 heteroatoms. The lowest BCUT2D eigenvalue weighted by Gasteiger charge is -2.24. The molecule has 2 aliphatic rings. The average Bonchev–Trinajstić information content (AvgIpc) is 3.49. The Morgan fingerprint density at radius 2 is 1.89 bits per heavy atom. The molecular weight excluding hydrogens is 338 g/mol. The van der Waals surface area contributed by atoms with Gasteiger partial charge in [0.15, 0.2) is 17.5 Å². The molecule has 0 bridgehead atoms. The van der Waals surface area contributed by atoms with Gasteiger partial charge in [0.25, 0.3) is 0 Å². The molecule has 0 amide bonds. The van der Waals surface area contributed by atoms with Crippen LogP contribution < -0.4 is 14.8 Å². The maximum Gasteiger partial charge on any atom is 0.193 e. The fourth-order valence-electron chi connectivity index (χ4n) is 3.72. The molecule has 2 unspecified atom stereocenters. The Kier molecular flexibility index (Phi) is 5.19. The first-order valence-corrected chi connectivity index (χ1v) is 9.60. The van der Waals surface area contributed by atoms with Crippen molar-refractivity contribution in [1.29, 1.82) is 0 Å². The summed E-state index contributed by atoms with van der Waals surface area (Å²) in [6.45, 7) is 2.95. The van der Waals surface area contributed by atoms with Gasteiger partial charge in [0.2, 0.25) is 0 Å². The topological polar surface area (TPSA) is 46.1 Å². The number of nitrogens with zero attached hydrogens (tertiary/aromatic N) is 2. The first kappa shape index (κ1) is 17.7. The predicted molar refractivity (Wildman–Crippen MR) is 108 cm³/mol. The Hall–Kier alpha value is -2.69. The van der Waals surface area contributed by atoms with E-state index < -0.39 is 0 Å². The lowest BCUT2D eigenvalue weighted by molar-refractivity contribution is 0.171. The Bertz CT molecular complexity index is 806. The van der Waals surface area contributed by atoms with Crippen molar-refractivity contribution in [1.82, 2.24) is 10.2 Å². The Balaban J connectivity index is 1.30. The molecule has 1 aliphatic carbocycles. The van der Waals surface area contributed by atoms with Crippen molar-refractivity contribution in [2.45, 2.75) is 18.9 Å². The number of nitrogens with one attached hydrogen (secondary N) is 1. The van der Waals surface area contributed by atoms with E-state index in [1.807, 2.05) is 13.1 Å². The lowest BCUT2D eigenvalue weighted by atomic mass is 10.1. The zero-order chi connectivity index (χ0) is 18.6. The molecule has 2 aromatic rings. The van der Waals surface area contributed by atoms with Crippen LogP contribution in [0, 0.1) is 5.92 Å². The number of ether oxygens (including phenoxy) is 2. The fourth-order valence-corrected chi connectivity index (χ4v) is 3.72. The van der Waals surface area contributed by atoms with Crippen LogP contribution in [0.2, 0.25) is 0 Å². The maximum absolute atomic E-state index is 5.68. The summed E-state index contributed by atoms with van der Waals surface area (Å²) in [5, 5.41) is 3.53. The van der Waals surface area contributed by atoms with E-state index in [1.165, 1.54) is 17.5 Å². The molecule has 1 saturated carbocycles. The molecule has 1 N–H and O–H groups in total. The van der Waals surface area contributed by atoms with Gasteiger partial charge in [-0.15, -0.1) is 0 Å². The van der Waals surface area contributed by atoms with Crippen LogP contribution in [-0.2, 0) is 6.54 Å². The highest BCUT2D eigenvalue weighted by Gasteiger charge is 2.37. The molecule has 1 aliphatic heterocycles. The van der Waals surface area contributed by atoms with Gasteiger partial charge < -0.3 is 19.7 Å². The highest BCUT2D eigenvalue weighted by atomic mass is 16.6. The molecule has 0 aromatic heterocycles. The van der Waals surface area contributed by atoms with Gasteiger partial charge >= 0.3 is 0 Å². The molecule has 1 fully saturated rings. The Labute approximate surface area is 161 Å². The van der Waals surface area contributed by atoms with E-state index in [0.717, 1.165) is 30.5 Å². The molecular formula is C22H27N3O2. The molecule has 2 aromatic carbocycles. The van der Waals surface area contributed by atoms with E-state index in [0.29, 0.717) is 25.0 Å². The molecule has 0 saturated heterocycles. The molecule has 0 radical (unpaired) electrons. The van der Waals surface area contributed by atoms with Gasteiger partial charge in [-0.2, -0.15) is 0 Å². The zero-order valence-electron chi connectivity index (χ0n) is 16.0. The van der Waals surface area contributed by atoms with E-state index in [4.69, 9.17) is 9.47 Å². The Morgan fingerprint density at radius 1 is 1.11 bits per heavy atom. The van der Waals surface area contributed by atoms with Gasteiger partial charge in [-0.1, -0.05) is 36.4 Å². The fraction of sp³-hybridized carbons (Fsp3) is 0.409. The van der Waals surface area contributed by atoms with Crippen molar-refractivity contribution >= 4 is 5.96 Å². The number of hydrogen-bond acceptors (Lipinski definition) is 3. The lowest BCUT2D eigenvalue weighted by Crippen LogP contribution is -2.39. The predicted octanol–water partition coefficient (Wildman–Crippen LogP) is 3.27. The minimum atomic E-state index is 0.611. The molecule has 142 valence electrons. The van der Waals surface area contributed by atoms with E-state index in [-0.39, 0.29) is 0 Å². The van der Waals surface area contributed by atoms with Crippen LogP contribution in [0.25, 0.3) is 0 Å². The van der Waals surface area contributed by atoms with Crippen LogP contribution in [-0.4, -0.2) is 44.7 Å². The normalized spacial score (nSPS) is 20.9.